The molecule has 0 aromatic heterocycles. The number of primary amides is 1. The number of hydrogen-bond donors (Lipinski definition) is 27. The van der Waals surface area contributed by atoms with Crippen molar-refractivity contribution in [2.24, 2.45) is 87.3 Å². The van der Waals surface area contributed by atoms with Crippen LogP contribution in [0.4, 0.5) is 0 Å². The van der Waals surface area contributed by atoms with Crippen LogP contribution in [0.2, 0.25) is 0 Å². The Balaban J connectivity index is 6.69. The minimum atomic E-state index is -1.38. The van der Waals surface area contributed by atoms with Gasteiger partial charge in [-0.3, -0.25) is 95.9 Å². The van der Waals surface area contributed by atoms with E-state index in [4.69, 9.17) is 45.9 Å². The SMILES string of the molecule is CC[C@H](C)[C@H](NC(=O)[C@H](CCCCN)NC(=O)[C@H](CC(C)C)NC(=O)[C@H](C)NC(=O)[C@H](CCCCN)NC(=O)[C@H](CC(C)C)NC(=O)[C@H](C)NC(=O)CNC(=O)[C@H](CCCCN)NC(=O)[C@H](C)NC(=O)[C@@H](NC(=O)[C@@H](N)CCCCN)[C@@H](C)CC)C(=O)N[C@@H](C)C(=O)N[C@@H](CCCCN)C(=O)N[C@H](C(=O)N[C@@H](C)C(=O)N[C@@H](CC(C)C)C(=O)N[C@@H](CCCCN)C(=O)N[C@@H](C)C(=O)N[C@@H](CC(C)C)C(N)=O)C(C)C. The average Bonchev–Trinajstić information content (AvgIpc) is 0.843. The quantitative estimate of drug-likeness (QED) is 0.0262. The predicted octanol–water partition coefficient (Wildman–Crippen LogP) is -3.53. The molecule has 826 valence electrons. The van der Waals surface area contributed by atoms with E-state index in [1.54, 1.807) is 76.2 Å². The van der Waals surface area contributed by atoms with Gasteiger partial charge < -0.3 is 147 Å². The van der Waals surface area contributed by atoms with Crippen LogP contribution in [-0.4, -0.2) is 279 Å². The van der Waals surface area contributed by atoms with Gasteiger partial charge in [-0.05, 0) is 257 Å². The number of nitrogens with two attached hydrogens (primary N) is 8. The van der Waals surface area contributed by atoms with E-state index in [0.717, 1.165) is 0 Å². The van der Waals surface area contributed by atoms with Crippen LogP contribution in [0.1, 0.15) is 293 Å². The molecule has 0 spiro atoms. The van der Waals surface area contributed by atoms with E-state index in [1.165, 1.54) is 41.5 Å². The Morgan fingerprint density at radius 1 is 0.215 bits per heavy atom. The number of unbranched alkanes of at least 4 members (excludes halogenated alkanes) is 6. The Morgan fingerprint density at radius 2 is 0.424 bits per heavy atom. The molecule has 20 amide bonds. The largest absolute Gasteiger partial charge is 0.368 e. The van der Waals surface area contributed by atoms with Gasteiger partial charge in [0.25, 0.3) is 0 Å². The minimum Gasteiger partial charge on any atom is -0.368 e. The van der Waals surface area contributed by atoms with E-state index in [9.17, 15) is 95.9 Å². The number of carbonyl (C=O) groups is 20. The summed E-state index contributed by atoms with van der Waals surface area (Å²) in [5.41, 5.74) is 46.3. The fraction of sp³-hybridized carbons (Fsp3) is 0.794. The first kappa shape index (κ1) is 133. The van der Waals surface area contributed by atoms with Gasteiger partial charge in [-0.1, -0.05) is 116 Å². The lowest BCUT2D eigenvalue weighted by molar-refractivity contribution is -0.137. The van der Waals surface area contributed by atoms with Gasteiger partial charge in [-0.2, -0.15) is 0 Å². The summed E-state index contributed by atoms with van der Waals surface area (Å²) in [5.74, 6) is -17.7. The topological polar surface area (TPSA) is 778 Å². The molecule has 0 bridgehead atoms. The van der Waals surface area contributed by atoms with E-state index >= 15 is 0 Å². The molecule has 0 radical (unpaired) electrons. The van der Waals surface area contributed by atoms with Crippen molar-refractivity contribution in [1.29, 1.82) is 0 Å². The zero-order valence-corrected chi connectivity index (χ0v) is 89.2. The van der Waals surface area contributed by atoms with Crippen molar-refractivity contribution in [2.75, 3.05) is 45.8 Å². The van der Waals surface area contributed by atoms with Gasteiger partial charge in [0, 0.05) is 0 Å². The summed E-state index contributed by atoms with van der Waals surface area (Å²) in [6, 6.07) is -23.6. The summed E-state index contributed by atoms with van der Waals surface area (Å²) in [4.78, 5) is 278. The first-order valence-electron chi connectivity index (χ1n) is 51.6. The molecule has 0 rings (SSSR count). The molecule has 0 saturated carbocycles. The second-order valence-corrected chi connectivity index (χ2v) is 39.9. The highest BCUT2D eigenvalue weighted by Gasteiger charge is 2.40. The highest BCUT2D eigenvalue weighted by molar-refractivity contribution is 6.02. The lowest BCUT2D eigenvalue weighted by atomic mass is 9.96. The van der Waals surface area contributed by atoms with Crippen LogP contribution in [0, 0.1) is 41.4 Å². The van der Waals surface area contributed by atoms with E-state index in [2.05, 4.69) is 101 Å². The molecule has 0 saturated heterocycles. The first-order chi connectivity index (χ1) is 67.6. The Bertz CT molecular complexity index is 4030. The van der Waals surface area contributed by atoms with Crippen LogP contribution in [-0.2, 0) is 95.9 Å². The fourth-order valence-corrected chi connectivity index (χ4v) is 15.1. The predicted molar refractivity (Wildman–Crippen MR) is 548 cm³/mol. The van der Waals surface area contributed by atoms with Gasteiger partial charge in [0.05, 0.1) is 12.6 Å². The van der Waals surface area contributed by atoms with E-state index in [0.29, 0.717) is 103 Å². The normalized spacial score (nSPS) is 15.8. The number of nitrogens with one attached hydrogen (secondary N) is 19. The molecule has 0 heterocycles. The van der Waals surface area contributed by atoms with Gasteiger partial charge in [-0.25, -0.2) is 0 Å². The van der Waals surface area contributed by atoms with Gasteiger partial charge in [0.15, 0.2) is 0 Å². The van der Waals surface area contributed by atoms with Crippen molar-refractivity contribution < 1.29 is 95.9 Å². The van der Waals surface area contributed by atoms with Crippen molar-refractivity contribution in [3.05, 3.63) is 0 Å². The zero-order valence-electron chi connectivity index (χ0n) is 89.2. The van der Waals surface area contributed by atoms with Crippen LogP contribution in [0.3, 0.4) is 0 Å². The number of amides is 20. The Morgan fingerprint density at radius 3 is 0.688 bits per heavy atom. The molecule has 0 aliphatic heterocycles. The third kappa shape index (κ3) is 53.3. The molecule has 0 aliphatic rings. The molecule has 47 heteroatoms. The lowest BCUT2D eigenvalue weighted by Crippen LogP contribution is -2.61. The molecular weight excluding hydrogens is 1860 g/mol. The molecule has 0 aliphatic carbocycles. The maximum absolute atomic E-state index is 14.7. The van der Waals surface area contributed by atoms with Crippen LogP contribution >= 0.6 is 0 Å². The summed E-state index contributed by atoms with van der Waals surface area (Å²) in [6.45, 7) is 33.8. The smallest absolute Gasteiger partial charge is 0.243 e. The molecule has 47 nitrogen and oxygen atoms in total. The molecule has 0 fully saturated rings. The Kier molecular flexibility index (Phi) is 66.9. The molecule has 0 aromatic carbocycles. The Labute approximate surface area is 851 Å². The van der Waals surface area contributed by atoms with Gasteiger partial charge >= 0.3 is 0 Å². The molecule has 0 aromatic rings. The third-order valence-corrected chi connectivity index (χ3v) is 24.4. The summed E-state index contributed by atoms with van der Waals surface area (Å²) in [6.07, 6.45) is 6.89. The highest BCUT2D eigenvalue weighted by atomic mass is 16.2. The van der Waals surface area contributed by atoms with E-state index < -0.39 is 251 Å². The number of carbonyl (C=O) groups excluding carboxylic acids is 20. The van der Waals surface area contributed by atoms with Crippen molar-refractivity contribution >= 4 is 118 Å². The van der Waals surface area contributed by atoms with Crippen LogP contribution in [0.25, 0.3) is 0 Å². The first-order valence-corrected chi connectivity index (χ1v) is 51.6. The maximum atomic E-state index is 14.7. The molecule has 35 N–H and O–H groups in total. The molecule has 144 heavy (non-hydrogen) atoms. The minimum absolute atomic E-state index is 0.00118. The zero-order chi connectivity index (χ0) is 110. The van der Waals surface area contributed by atoms with E-state index in [1.807, 2.05) is 20.8 Å². The van der Waals surface area contributed by atoms with Crippen molar-refractivity contribution in [1.82, 2.24) is 101 Å². The highest BCUT2D eigenvalue weighted by Crippen LogP contribution is 2.19. The summed E-state index contributed by atoms with van der Waals surface area (Å²) < 4.78 is 0. The summed E-state index contributed by atoms with van der Waals surface area (Å²) >= 11 is 0. The molecular formula is C97H183N27O20. The maximum Gasteiger partial charge on any atom is 0.243 e. The summed E-state index contributed by atoms with van der Waals surface area (Å²) in [7, 11) is 0. The second-order valence-electron chi connectivity index (χ2n) is 39.9. The van der Waals surface area contributed by atoms with Gasteiger partial charge in [0.2, 0.25) is 118 Å². The Hall–Kier alpha value is -10.9. The lowest BCUT2D eigenvalue weighted by Gasteiger charge is -2.30. The van der Waals surface area contributed by atoms with Crippen LogP contribution in [0.5, 0.6) is 0 Å². The van der Waals surface area contributed by atoms with Crippen molar-refractivity contribution in [3.63, 3.8) is 0 Å². The van der Waals surface area contributed by atoms with Gasteiger partial charge in [-0.15, -0.1) is 0 Å². The van der Waals surface area contributed by atoms with Crippen LogP contribution < -0.4 is 147 Å². The van der Waals surface area contributed by atoms with Crippen molar-refractivity contribution in [2.45, 2.75) is 407 Å². The second kappa shape index (κ2) is 72.4. The average molecular weight is 2050 g/mol. The fourth-order valence-electron chi connectivity index (χ4n) is 15.1. The van der Waals surface area contributed by atoms with Crippen molar-refractivity contribution in [3.8, 4) is 0 Å². The molecule has 21 atom stereocenters. The van der Waals surface area contributed by atoms with Crippen LogP contribution in [0.15, 0.2) is 0 Å². The van der Waals surface area contributed by atoms with E-state index in [-0.39, 0.29) is 120 Å². The summed E-state index contributed by atoms with van der Waals surface area (Å²) in [5, 5.41) is 50.3. The third-order valence-electron chi connectivity index (χ3n) is 24.4. The number of rotatable bonds is 76. The standard InChI is InChI=1S/C97H183N27O20/c1-21-57(13)77(123-86(133)65(104)35-23-29-41-98)96(143)111-62(18)81(128)113-66(36-24-30-42-99)87(134)106-51-75(125)107-59(15)80(127)119-72(48-53(5)6)92(139)115-68(38-26-32-44-101)89(136)109-61(17)84(131)120-74(50-55(9)10)94(141)117-70(40-28-34-46-103)91(138)124-78(58(14)22-2)97(144)112-63(19)82(129)114-69(39-27-33-45-102)90(137)122-76(56(11)12)95(142)110-64(20)85(132)121-73(49-54(7)8)93(140)116-67(37-25-31-43-100)88(135)108-60(16)83(130)118-71(79(105)126)47-52(3)4/h52-74,76-78H,21-51,98-104H2,1-20H3,(H2,105,126)(H,106,134)(H,107,125)(H,108,135)(H,109,136)(H,110,142)(H,111,143)(H,112,144)(H,113,128)(H,114,129)(H,115,139)(H,116,140)(H,117,141)(H,118,130)(H,119,127)(H,120,131)(H,121,132)(H,122,137)(H,123,133)(H,124,138)/t57-,58-,59-,60-,61-,62-,63-,64-,65-,66-,67-,68-,69-,70-,71-,72-,73-,74-,76-,77-,78-/m0/s1. The van der Waals surface area contributed by atoms with Gasteiger partial charge in [0.1, 0.15) is 109 Å². The monoisotopic (exact) mass is 2050 g/mol. The molecule has 0 unspecified atom stereocenters. The number of hydrogen-bond acceptors (Lipinski definition) is 27.